The molecule has 0 aliphatic carbocycles. The fourth-order valence-corrected chi connectivity index (χ4v) is 2.68. The van der Waals surface area contributed by atoms with Gasteiger partial charge in [-0.1, -0.05) is 24.3 Å². The number of nitrogens with one attached hydrogen (secondary N) is 4. The fraction of sp³-hybridized carbons (Fsp3) is 0.238. The van der Waals surface area contributed by atoms with Gasteiger partial charge in [-0.15, -0.1) is 0 Å². The SMILES string of the molecule is COc1ccccc1C(=O)NC(=S)NNC(=O)CCC(=O)Nc1cc(C)ccc1C. The summed E-state index contributed by atoms with van der Waals surface area (Å²) in [5.41, 5.74) is 7.78. The van der Waals surface area contributed by atoms with Gasteiger partial charge in [0, 0.05) is 18.5 Å². The van der Waals surface area contributed by atoms with Gasteiger partial charge in [0.25, 0.3) is 5.91 Å². The monoisotopic (exact) mass is 428 g/mol. The molecule has 30 heavy (non-hydrogen) atoms. The first-order valence-corrected chi connectivity index (χ1v) is 9.61. The van der Waals surface area contributed by atoms with Crippen molar-refractivity contribution in [2.45, 2.75) is 26.7 Å². The number of anilines is 1. The summed E-state index contributed by atoms with van der Waals surface area (Å²) in [4.78, 5) is 36.2. The summed E-state index contributed by atoms with van der Waals surface area (Å²) in [5, 5.41) is 5.15. The highest BCUT2D eigenvalue weighted by Gasteiger charge is 2.13. The molecule has 4 N–H and O–H groups in total. The Morgan fingerprint density at radius 3 is 2.40 bits per heavy atom. The van der Waals surface area contributed by atoms with Gasteiger partial charge in [-0.3, -0.25) is 30.6 Å². The van der Waals surface area contributed by atoms with E-state index in [1.807, 2.05) is 32.0 Å². The van der Waals surface area contributed by atoms with Crippen molar-refractivity contribution >= 4 is 40.7 Å². The van der Waals surface area contributed by atoms with Crippen molar-refractivity contribution in [2.24, 2.45) is 0 Å². The van der Waals surface area contributed by atoms with Crippen LogP contribution in [0, 0.1) is 13.8 Å². The number of para-hydroxylation sites is 1. The van der Waals surface area contributed by atoms with Crippen LogP contribution in [0.25, 0.3) is 0 Å². The first kappa shape index (κ1) is 22.8. The van der Waals surface area contributed by atoms with Crippen LogP contribution in [-0.4, -0.2) is 29.9 Å². The van der Waals surface area contributed by atoms with Crippen molar-refractivity contribution in [2.75, 3.05) is 12.4 Å². The summed E-state index contributed by atoms with van der Waals surface area (Å²) in [6, 6.07) is 12.4. The summed E-state index contributed by atoms with van der Waals surface area (Å²) in [6.07, 6.45) is -0.0476. The van der Waals surface area contributed by atoms with Crippen LogP contribution in [0.4, 0.5) is 5.69 Å². The van der Waals surface area contributed by atoms with Crippen molar-refractivity contribution in [3.63, 3.8) is 0 Å². The maximum absolute atomic E-state index is 12.2. The van der Waals surface area contributed by atoms with Crippen molar-refractivity contribution in [3.8, 4) is 5.75 Å². The molecule has 0 fully saturated rings. The Morgan fingerprint density at radius 1 is 0.967 bits per heavy atom. The maximum Gasteiger partial charge on any atom is 0.261 e. The molecule has 0 heterocycles. The van der Waals surface area contributed by atoms with Crippen LogP contribution in [0.15, 0.2) is 42.5 Å². The largest absolute Gasteiger partial charge is 0.496 e. The first-order valence-electron chi connectivity index (χ1n) is 9.20. The van der Waals surface area contributed by atoms with E-state index in [1.54, 1.807) is 24.3 Å². The Hall–Kier alpha value is -3.46. The van der Waals surface area contributed by atoms with E-state index < -0.39 is 11.8 Å². The standard InChI is InChI=1S/C21H24N4O4S/c1-13-8-9-14(2)16(12-13)22-18(26)10-11-19(27)24-25-21(30)23-20(28)15-6-4-5-7-17(15)29-3/h4-9,12H,10-11H2,1-3H3,(H,22,26)(H,24,27)(H2,23,25,28,30). The normalized spacial score (nSPS) is 9.97. The van der Waals surface area contributed by atoms with Crippen LogP contribution in [0.2, 0.25) is 0 Å². The zero-order chi connectivity index (χ0) is 22.1. The number of hydrogen-bond acceptors (Lipinski definition) is 5. The van der Waals surface area contributed by atoms with Gasteiger partial charge >= 0.3 is 0 Å². The van der Waals surface area contributed by atoms with Crippen LogP contribution in [-0.2, 0) is 9.59 Å². The van der Waals surface area contributed by atoms with Gasteiger partial charge in [-0.05, 0) is 55.4 Å². The van der Waals surface area contributed by atoms with Crippen LogP contribution < -0.4 is 26.2 Å². The van der Waals surface area contributed by atoms with Gasteiger partial charge in [0.15, 0.2) is 5.11 Å². The van der Waals surface area contributed by atoms with E-state index >= 15 is 0 Å². The highest BCUT2D eigenvalue weighted by molar-refractivity contribution is 7.80. The van der Waals surface area contributed by atoms with Crippen LogP contribution >= 0.6 is 12.2 Å². The summed E-state index contributed by atoms with van der Waals surface area (Å²) in [5.74, 6) is -0.797. The number of aryl methyl sites for hydroxylation is 2. The molecule has 0 unspecified atom stereocenters. The van der Waals surface area contributed by atoms with Gasteiger partial charge < -0.3 is 10.1 Å². The van der Waals surface area contributed by atoms with Crippen molar-refractivity contribution in [3.05, 3.63) is 59.2 Å². The lowest BCUT2D eigenvalue weighted by atomic mass is 10.1. The minimum atomic E-state index is -0.480. The van der Waals surface area contributed by atoms with Crippen LogP contribution in [0.5, 0.6) is 5.75 Å². The molecule has 3 amide bonds. The lowest BCUT2D eigenvalue weighted by Crippen LogP contribution is -2.48. The molecule has 2 rings (SSSR count). The molecule has 0 aliphatic rings. The summed E-state index contributed by atoms with van der Waals surface area (Å²) >= 11 is 5.00. The molecule has 2 aromatic rings. The summed E-state index contributed by atoms with van der Waals surface area (Å²) in [7, 11) is 1.46. The number of thiocarbonyl (C=S) groups is 1. The molecule has 0 saturated heterocycles. The Balaban J connectivity index is 1.74. The maximum atomic E-state index is 12.2. The molecule has 8 nitrogen and oxygen atoms in total. The predicted octanol–water partition coefficient (Wildman–Crippen LogP) is 2.37. The molecule has 9 heteroatoms. The highest BCUT2D eigenvalue weighted by Crippen LogP contribution is 2.17. The minimum absolute atomic E-state index is 0.00122. The number of rotatable bonds is 6. The van der Waals surface area contributed by atoms with Crippen LogP contribution in [0.1, 0.15) is 34.3 Å². The highest BCUT2D eigenvalue weighted by atomic mass is 32.1. The molecular weight excluding hydrogens is 404 g/mol. The van der Waals surface area contributed by atoms with Crippen molar-refractivity contribution < 1.29 is 19.1 Å². The second-order valence-electron chi connectivity index (χ2n) is 6.52. The Kier molecular flexibility index (Phi) is 8.30. The third-order valence-corrected chi connectivity index (χ3v) is 4.34. The van der Waals surface area contributed by atoms with E-state index in [0.29, 0.717) is 11.3 Å². The van der Waals surface area contributed by atoms with E-state index in [1.165, 1.54) is 7.11 Å². The number of carbonyl (C=O) groups is 3. The molecule has 0 spiro atoms. The molecule has 158 valence electrons. The van der Waals surface area contributed by atoms with Crippen LogP contribution in [0.3, 0.4) is 0 Å². The molecule has 0 atom stereocenters. The molecule has 0 saturated carbocycles. The van der Waals surface area contributed by atoms with E-state index in [0.717, 1.165) is 16.8 Å². The quantitative estimate of drug-likeness (QED) is 0.416. The third-order valence-electron chi connectivity index (χ3n) is 4.14. The van der Waals surface area contributed by atoms with E-state index in [4.69, 9.17) is 17.0 Å². The third kappa shape index (κ3) is 6.85. The van der Waals surface area contributed by atoms with Gasteiger partial charge in [0.1, 0.15) is 5.75 Å². The number of methoxy groups -OCH3 is 1. The number of hydrogen-bond donors (Lipinski definition) is 4. The zero-order valence-electron chi connectivity index (χ0n) is 17.0. The second-order valence-corrected chi connectivity index (χ2v) is 6.93. The summed E-state index contributed by atoms with van der Waals surface area (Å²) in [6.45, 7) is 3.83. The molecule has 0 bridgehead atoms. The Labute approximate surface area is 180 Å². The average Bonchev–Trinajstić information content (AvgIpc) is 2.73. The fourth-order valence-electron chi connectivity index (χ4n) is 2.53. The second kappa shape index (κ2) is 10.9. The zero-order valence-corrected chi connectivity index (χ0v) is 17.8. The average molecular weight is 429 g/mol. The van der Waals surface area contributed by atoms with E-state index in [2.05, 4.69) is 21.5 Å². The van der Waals surface area contributed by atoms with Crippen molar-refractivity contribution in [1.29, 1.82) is 0 Å². The first-order chi connectivity index (χ1) is 14.3. The predicted molar refractivity (Wildman–Crippen MR) is 118 cm³/mol. The Bertz CT molecular complexity index is 962. The van der Waals surface area contributed by atoms with Gasteiger partial charge in [0.05, 0.1) is 12.7 Å². The van der Waals surface area contributed by atoms with Crippen molar-refractivity contribution in [1.82, 2.24) is 16.2 Å². The topological polar surface area (TPSA) is 109 Å². The van der Waals surface area contributed by atoms with Gasteiger partial charge in [-0.2, -0.15) is 0 Å². The number of ether oxygens (including phenoxy) is 1. The Morgan fingerprint density at radius 2 is 1.67 bits per heavy atom. The molecule has 2 aromatic carbocycles. The minimum Gasteiger partial charge on any atom is -0.496 e. The number of hydrazine groups is 1. The van der Waals surface area contributed by atoms with E-state index in [9.17, 15) is 14.4 Å². The summed E-state index contributed by atoms with van der Waals surface area (Å²) < 4.78 is 5.12. The lowest BCUT2D eigenvalue weighted by Gasteiger charge is -2.12. The van der Waals surface area contributed by atoms with Gasteiger partial charge in [-0.25, -0.2) is 0 Å². The van der Waals surface area contributed by atoms with Gasteiger partial charge in [0.2, 0.25) is 11.8 Å². The number of amides is 3. The number of carbonyl (C=O) groups excluding carboxylic acids is 3. The number of benzene rings is 2. The lowest BCUT2D eigenvalue weighted by molar-refractivity contribution is -0.124. The van der Waals surface area contributed by atoms with E-state index in [-0.39, 0.29) is 23.9 Å². The smallest absolute Gasteiger partial charge is 0.261 e. The molecule has 0 radical (unpaired) electrons. The molecule has 0 aromatic heterocycles. The molecular formula is C21H24N4O4S. The molecule has 0 aliphatic heterocycles.